The molecule has 3 nitrogen and oxygen atoms in total. The minimum absolute atomic E-state index is 0.0578. The average Bonchev–Trinajstić information content (AvgIpc) is 2.53. The summed E-state index contributed by atoms with van der Waals surface area (Å²) in [7, 11) is 1.31. The molecule has 0 radical (unpaired) electrons. The Balaban J connectivity index is 2.18. The van der Waals surface area contributed by atoms with Crippen molar-refractivity contribution in [3.8, 4) is 0 Å². The number of likely N-dealkylation sites (N-methyl/N-ethyl adjacent to an activating group) is 1. The quantitative estimate of drug-likeness (QED) is 0.629. The highest BCUT2D eigenvalue weighted by Gasteiger charge is 2.33. The first-order chi connectivity index (χ1) is 11.2. The van der Waals surface area contributed by atoms with Crippen LogP contribution in [-0.2, 0) is 17.5 Å². The van der Waals surface area contributed by atoms with E-state index in [0.29, 0.717) is 0 Å². The first kappa shape index (κ1) is 17.7. The van der Waals surface area contributed by atoms with Crippen LogP contribution in [0.3, 0.4) is 0 Å². The van der Waals surface area contributed by atoms with E-state index in [2.05, 4.69) is 0 Å². The first-order valence-electron chi connectivity index (χ1n) is 7.21. The highest BCUT2D eigenvalue weighted by Crippen LogP contribution is 2.32. The molecule has 0 bridgehead atoms. The third-order valence-corrected chi connectivity index (χ3v) is 3.58. The van der Waals surface area contributed by atoms with Gasteiger partial charge >= 0.3 is 6.18 Å². The molecule has 24 heavy (non-hydrogen) atoms. The fourth-order valence-corrected chi connectivity index (χ4v) is 2.26. The summed E-state index contributed by atoms with van der Waals surface area (Å²) in [5.41, 5.74) is 0.276. The number of rotatable bonds is 4. The molecule has 0 aliphatic heterocycles. The normalized spacial score (nSPS) is 11.2. The first-order valence-corrected chi connectivity index (χ1v) is 7.21. The van der Waals surface area contributed by atoms with Gasteiger partial charge in [0.25, 0.3) is 5.91 Å². The fourth-order valence-electron chi connectivity index (χ4n) is 2.26. The average molecular weight is 335 g/mol. The summed E-state index contributed by atoms with van der Waals surface area (Å²) in [5.74, 6) is -1.60. The zero-order chi connectivity index (χ0) is 17.9. The minimum Gasteiger partial charge on any atom is -0.335 e. The molecule has 0 saturated carbocycles. The molecule has 0 aromatic heterocycles. The van der Waals surface area contributed by atoms with Gasteiger partial charge in [-0.1, -0.05) is 48.0 Å². The molecular weight excluding hydrogens is 319 g/mol. The van der Waals surface area contributed by atoms with Crippen molar-refractivity contribution in [3.63, 3.8) is 0 Å². The smallest absolute Gasteiger partial charge is 0.335 e. The standard InChI is InChI=1S/C18H16F3NO2/c1-12-7-9-13(10-8-12)16(23)17(24)22(2)11-14-5-3-4-6-15(14)18(19,20)21/h3-10H,11H2,1-2H3. The molecule has 0 unspecified atom stereocenters. The lowest BCUT2D eigenvalue weighted by Gasteiger charge is -2.19. The lowest BCUT2D eigenvalue weighted by Crippen LogP contribution is -2.33. The number of hydrogen-bond donors (Lipinski definition) is 0. The van der Waals surface area contributed by atoms with E-state index in [1.165, 1.54) is 37.4 Å². The number of Topliss-reactive ketones (excluding diaryl/α,β-unsaturated/α-hetero) is 1. The molecule has 1 amide bonds. The molecule has 0 heterocycles. The van der Waals surface area contributed by atoms with E-state index in [-0.39, 0.29) is 17.7 Å². The van der Waals surface area contributed by atoms with Crippen LogP contribution in [0.2, 0.25) is 0 Å². The van der Waals surface area contributed by atoms with Crippen LogP contribution in [0.15, 0.2) is 48.5 Å². The lowest BCUT2D eigenvalue weighted by atomic mass is 10.1. The molecule has 6 heteroatoms. The summed E-state index contributed by atoms with van der Waals surface area (Å²) in [4.78, 5) is 25.3. The number of carbonyl (C=O) groups is 2. The van der Waals surface area contributed by atoms with Gasteiger partial charge in [0.2, 0.25) is 5.78 Å². The molecular formula is C18H16F3NO2. The molecule has 0 N–H and O–H groups in total. The van der Waals surface area contributed by atoms with Crippen molar-refractivity contribution in [2.24, 2.45) is 0 Å². The van der Waals surface area contributed by atoms with Gasteiger partial charge in [0.1, 0.15) is 0 Å². The van der Waals surface area contributed by atoms with Crippen molar-refractivity contribution >= 4 is 11.7 Å². The monoisotopic (exact) mass is 335 g/mol. The Kier molecular flexibility index (Phi) is 5.07. The highest BCUT2D eigenvalue weighted by molar-refractivity contribution is 6.42. The topological polar surface area (TPSA) is 37.4 Å². The molecule has 126 valence electrons. The number of amides is 1. The second-order valence-electron chi connectivity index (χ2n) is 5.51. The number of aryl methyl sites for hydroxylation is 1. The van der Waals surface area contributed by atoms with Crippen LogP contribution in [0.5, 0.6) is 0 Å². The van der Waals surface area contributed by atoms with E-state index in [1.807, 2.05) is 6.92 Å². The Morgan fingerprint density at radius 1 is 1.00 bits per heavy atom. The van der Waals surface area contributed by atoms with E-state index in [1.54, 1.807) is 12.1 Å². The maximum atomic E-state index is 13.0. The summed E-state index contributed by atoms with van der Waals surface area (Å²) in [5, 5.41) is 0. The summed E-state index contributed by atoms with van der Waals surface area (Å²) in [6, 6.07) is 11.4. The van der Waals surface area contributed by atoms with Gasteiger partial charge < -0.3 is 4.90 Å². The molecule has 0 aliphatic carbocycles. The third kappa shape index (κ3) is 4.01. The molecule has 0 atom stereocenters. The van der Waals surface area contributed by atoms with Crippen molar-refractivity contribution in [1.82, 2.24) is 4.90 Å². The Labute approximate surface area is 137 Å². The van der Waals surface area contributed by atoms with E-state index in [0.717, 1.165) is 16.5 Å². The number of halogens is 3. The number of hydrogen-bond acceptors (Lipinski definition) is 2. The van der Waals surface area contributed by atoms with E-state index >= 15 is 0 Å². The van der Waals surface area contributed by atoms with Crippen molar-refractivity contribution < 1.29 is 22.8 Å². The number of nitrogens with zero attached hydrogens (tertiary/aromatic N) is 1. The summed E-state index contributed by atoms with van der Waals surface area (Å²) in [6.45, 7) is 1.54. The molecule has 0 fully saturated rings. The van der Waals surface area contributed by atoms with Gasteiger partial charge in [0.15, 0.2) is 0 Å². The molecule has 2 aromatic carbocycles. The molecule has 2 aromatic rings. The van der Waals surface area contributed by atoms with Gasteiger partial charge in [0.05, 0.1) is 5.56 Å². The molecule has 0 spiro atoms. The fraction of sp³-hybridized carbons (Fsp3) is 0.222. The Bertz CT molecular complexity index is 752. The van der Waals surface area contributed by atoms with Crippen LogP contribution < -0.4 is 0 Å². The Hall–Kier alpha value is -2.63. The highest BCUT2D eigenvalue weighted by atomic mass is 19.4. The summed E-state index contributed by atoms with van der Waals surface area (Å²) in [6.07, 6.45) is -4.51. The van der Waals surface area contributed by atoms with Crippen LogP contribution in [-0.4, -0.2) is 23.6 Å². The Morgan fingerprint density at radius 2 is 1.58 bits per heavy atom. The van der Waals surface area contributed by atoms with E-state index < -0.39 is 23.4 Å². The SMILES string of the molecule is Cc1ccc(C(=O)C(=O)N(C)Cc2ccccc2C(F)(F)F)cc1. The van der Waals surface area contributed by atoms with Gasteiger partial charge in [0, 0.05) is 19.2 Å². The number of alkyl halides is 3. The van der Waals surface area contributed by atoms with Crippen LogP contribution in [0.4, 0.5) is 13.2 Å². The van der Waals surface area contributed by atoms with Crippen molar-refractivity contribution in [1.29, 1.82) is 0 Å². The second-order valence-corrected chi connectivity index (χ2v) is 5.51. The number of benzene rings is 2. The molecule has 0 saturated heterocycles. The van der Waals surface area contributed by atoms with Crippen LogP contribution in [0.25, 0.3) is 0 Å². The number of ketones is 1. The largest absolute Gasteiger partial charge is 0.416 e. The van der Waals surface area contributed by atoms with Gasteiger partial charge in [-0.2, -0.15) is 13.2 Å². The maximum Gasteiger partial charge on any atom is 0.416 e. The zero-order valence-corrected chi connectivity index (χ0v) is 13.2. The van der Waals surface area contributed by atoms with Crippen LogP contribution in [0.1, 0.15) is 27.0 Å². The van der Waals surface area contributed by atoms with Crippen LogP contribution >= 0.6 is 0 Å². The number of carbonyl (C=O) groups excluding carboxylic acids is 2. The second kappa shape index (κ2) is 6.86. The van der Waals surface area contributed by atoms with Crippen molar-refractivity contribution in [2.45, 2.75) is 19.6 Å². The van der Waals surface area contributed by atoms with Gasteiger partial charge in [-0.25, -0.2) is 0 Å². The summed E-state index contributed by atoms with van der Waals surface area (Å²) >= 11 is 0. The van der Waals surface area contributed by atoms with Crippen molar-refractivity contribution in [2.75, 3.05) is 7.05 Å². The predicted octanol–water partition coefficient (Wildman–Crippen LogP) is 3.86. The van der Waals surface area contributed by atoms with E-state index in [4.69, 9.17) is 0 Å². The van der Waals surface area contributed by atoms with Gasteiger partial charge in [-0.15, -0.1) is 0 Å². The summed E-state index contributed by atoms with van der Waals surface area (Å²) < 4.78 is 39.0. The predicted molar refractivity (Wildman–Crippen MR) is 83.4 cm³/mol. The Morgan fingerprint density at radius 3 is 2.17 bits per heavy atom. The molecule has 0 aliphatic rings. The van der Waals surface area contributed by atoms with Crippen LogP contribution in [0, 0.1) is 6.92 Å². The minimum atomic E-state index is -4.51. The molecule has 2 rings (SSSR count). The zero-order valence-electron chi connectivity index (χ0n) is 13.2. The van der Waals surface area contributed by atoms with Gasteiger partial charge in [-0.3, -0.25) is 9.59 Å². The third-order valence-electron chi connectivity index (χ3n) is 3.58. The maximum absolute atomic E-state index is 13.0. The lowest BCUT2D eigenvalue weighted by molar-refractivity contribution is -0.139. The van der Waals surface area contributed by atoms with Gasteiger partial charge in [-0.05, 0) is 18.6 Å². The van der Waals surface area contributed by atoms with Crippen molar-refractivity contribution in [3.05, 3.63) is 70.8 Å². The van der Waals surface area contributed by atoms with E-state index in [9.17, 15) is 22.8 Å².